The van der Waals surface area contributed by atoms with E-state index in [1.807, 2.05) is 56.0 Å². The highest BCUT2D eigenvalue weighted by atomic mass is 16.5. The number of piperazine rings is 1. The van der Waals surface area contributed by atoms with E-state index >= 15 is 0 Å². The highest BCUT2D eigenvalue weighted by molar-refractivity contribution is 5.95. The number of aryl methyl sites for hydroxylation is 1. The molecule has 0 spiro atoms. The molecule has 5 rings (SSSR count). The van der Waals surface area contributed by atoms with Crippen molar-refractivity contribution in [2.75, 3.05) is 18.0 Å². The summed E-state index contributed by atoms with van der Waals surface area (Å²) in [6.07, 6.45) is 2.80. The zero-order valence-electron chi connectivity index (χ0n) is 15.4. The van der Waals surface area contributed by atoms with Crippen LogP contribution in [-0.2, 0) is 0 Å². The minimum atomic E-state index is 0.112. The third-order valence-corrected chi connectivity index (χ3v) is 5.01. The van der Waals surface area contributed by atoms with Crippen molar-refractivity contribution in [3.8, 4) is 5.75 Å². The molecule has 136 valence electrons. The molecule has 6 heteroatoms. The molecule has 3 aliphatic rings. The van der Waals surface area contributed by atoms with Crippen molar-refractivity contribution >= 4 is 11.7 Å². The van der Waals surface area contributed by atoms with Crippen LogP contribution in [0.2, 0.25) is 0 Å². The number of ether oxygens (including phenoxy) is 1. The maximum Gasteiger partial charge on any atom is 0.254 e. The van der Waals surface area contributed by atoms with Crippen LogP contribution >= 0.6 is 0 Å². The first kappa shape index (κ1) is 16.8. The molecule has 2 unspecified atom stereocenters. The van der Waals surface area contributed by atoms with Crippen molar-refractivity contribution < 1.29 is 9.53 Å². The topological polar surface area (TPSA) is 58.6 Å². The molecule has 0 radical (unpaired) electrons. The Balaban J connectivity index is 1.43. The van der Waals surface area contributed by atoms with Crippen molar-refractivity contribution in [3.05, 3.63) is 47.9 Å². The van der Waals surface area contributed by atoms with Gasteiger partial charge in [-0.25, -0.2) is 9.97 Å². The van der Waals surface area contributed by atoms with Crippen LogP contribution in [0.25, 0.3) is 0 Å². The number of anilines is 1. The highest BCUT2D eigenvalue weighted by Crippen LogP contribution is 2.35. The lowest BCUT2D eigenvalue weighted by Gasteiger charge is -2.56. The molecule has 3 saturated heterocycles. The van der Waals surface area contributed by atoms with Gasteiger partial charge in [-0.2, -0.15) is 0 Å². The summed E-state index contributed by atoms with van der Waals surface area (Å²) in [5, 5.41) is 0. The van der Waals surface area contributed by atoms with Crippen LogP contribution < -0.4 is 9.64 Å². The fourth-order valence-electron chi connectivity index (χ4n) is 3.84. The van der Waals surface area contributed by atoms with Gasteiger partial charge in [0.1, 0.15) is 17.9 Å². The Labute approximate surface area is 153 Å². The molecule has 3 aliphatic heterocycles. The first-order chi connectivity index (χ1) is 12.5. The lowest BCUT2D eigenvalue weighted by molar-refractivity contribution is 0.00575. The van der Waals surface area contributed by atoms with Gasteiger partial charge in [0.15, 0.2) is 0 Å². The largest absolute Gasteiger partial charge is 0.491 e. The van der Waals surface area contributed by atoms with Gasteiger partial charge in [0, 0.05) is 30.4 Å². The first-order valence-electron chi connectivity index (χ1n) is 9.14. The van der Waals surface area contributed by atoms with Crippen molar-refractivity contribution in [2.45, 2.75) is 45.4 Å². The molecule has 1 aromatic carbocycles. The van der Waals surface area contributed by atoms with Gasteiger partial charge in [0.25, 0.3) is 5.91 Å². The van der Waals surface area contributed by atoms with Crippen molar-refractivity contribution in [1.29, 1.82) is 0 Å². The van der Waals surface area contributed by atoms with Crippen LogP contribution in [-0.4, -0.2) is 52.1 Å². The Bertz CT molecular complexity index is 794. The Morgan fingerprint density at radius 3 is 2.46 bits per heavy atom. The summed E-state index contributed by atoms with van der Waals surface area (Å²) >= 11 is 0. The standard InChI is InChI=1S/C20H24N4O2/c1-13(2)26-18-6-4-15(5-7-18)20(25)24-16-9-17(24)11-23(10-16)19-8-14(3)21-12-22-19/h4-8,12-13,16-17H,9-11H2,1-3H3. The quantitative estimate of drug-likeness (QED) is 0.847. The molecule has 0 N–H and O–H groups in total. The normalized spacial score (nSPS) is 21.5. The van der Waals surface area contributed by atoms with Gasteiger partial charge < -0.3 is 14.5 Å². The lowest BCUT2D eigenvalue weighted by atomic mass is 9.86. The average Bonchev–Trinajstić information content (AvgIpc) is 2.62. The van der Waals surface area contributed by atoms with Crippen LogP contribution in [0.3, 0.4) is 0 Å². The van der Waals surface area contributed by atoms with Gasteiger partial charge in [-0.15, -0.1) is 0 Å². The molecule has 26 heavy (non-hydrogen) atoms. The molecule has 2 aromatic rings. The molecule has 0 saturated carbocycles. The molecule has 4 heterocycles. The summed E-state index contributed by atoms with van der Waals surface area (Å²) in [6, 6.07) is 9.98. The Morgan fingerprint density at radius 1 is 1.15 bits per heavy atom. The number of benzene rings is 1. The van der Waals surface area contributed by atoms with Crippen molar-refractivity contribution in [1.82, 2.24) is 14.9 Å². The van der Waals surface area contributed by atoms with Gasteiger partial charge in [-0.3, -0.25) is 4.79 Å². The molecule has 1 amide bonds. The van der Waals surface area contributed by atoms with E-state index < -0.39 is 0 Å². The van der Waals surface area contributed by atoms with Crippen molar-refractivity contribution in [3.63, 3.8) is 0 Å². The van der Waals surface area contributed by atoms with E-state index in [0.29, 0.717) is 0 Å². The fraction of sp³-hybridized carbons (Fsp3) is 0.450. The number of carbonyl (C=O) groups excluding carboxylic acids is 1. The van der Waals surface area contributed by atoms with E-state index in [-0.39, 0.29) is 24.1 Å². The Morgan fingerprint density at radius 2 is 1.85 bits per heavy atom. The average molecular weight is 352 g/mol. The van der Waals surface area contributed by atoms with Gasteiger partial charge in [-0.05, 0) is 51.5 Å². The summed E-state index contributed by atoms with van der Waals surface area (Å²) in [4.78, 5) is 25.7. The summed E-state index contributed by atoms with van der Waals surface area (Å²) in [5.41, 5.74) is 1.69. The SMILES string of the molecule is Cc1cc(N2CC3CC(C2)N3C(=O)c2ccc(OC(C)C)cc2)ncn1. The number of nitrogens with zero attached hydrogens (tertiary/aromatic N) is 4. The summed E-state index contributed by atoms with van der Waals surface area (Å²) < 4.78 is 5.65. The summed E-state index contributed by atoms with van der Waals surface area (Å²) in [7, 11) is 0. The van der Waals surface area contributed by atoms with Crippen LogP contribution in [0.1, 0.15) is 36.3 Å². The van der Waals surface area contributed by atoms with E-state index in [4.69, 9.17) is 4.74 Å². The highest BCUT2D eigenvalue weighted by Gasteiger charge is 2.47. The van der Waals surface area contributed by atoms with Crippen LogP contribution in [0.15, 0.2) is 36.7 Å². The van der Waals surface area contributed by atoms with Gasteiger partial charge in [0.05, 0.1) is 18.2 Å². The maximum absolute atomic E-state index is 12.9. The maximum atomic E-state index is 12.9. The zero-order chi connectivity index (χ0) is 18.3. The molecule has 3 fully saturated rings. The number of fused-ring (bicyclic) bond motifs is 2. The van der Waals surface area contributed by atoms with Crippen molar-refractivity contribution in [2.24, 2.45) is 0 Å². The lowest BCUT2D eigenvalue weighted by Crippen LogP contribution is -2.70. The minimum absolute atomic E-state index is 0.112. The second kappa shape index (κ2) is 6.59. The molecule has 2 bridgehead atoms. The van der Waals surface area contributed by atoms with Crippen LogP contribution in [0.5, 0.6) is 5.75 Å². The smallest absolute Gasteiger partial charge is 0.254 e. The van der Waals surface area contributed by atoms with Gasteiger partial charge in [0.2, 0.25) is 0 Å². The predicted molar refractivity (Wildman–Crippen MR) is 99.6 cm³/mol. The third-order valence-electron chi connectivity index (χ3n) is 5.01. The fourth-order valence-corrected chi connectivity index (χ4v) is 3.84. The Kier molecular flexibility index (Phi) is 4.26. The minimum Gasteiger partial charge on any atom is -0.491 e. The molecule has 1 aromatic heterocycles. The number of rotatable bonds is 4. The Hall–Kier alpha value is -2.63. The molecule has 0 aliphatic carbocycles. The molecular weight excluding hydrogens is 328 g/mol. The van der Waals surface area contributed by atoms with E-state index in [2.05, 4.69) is 14.9 Å². The number of carbonyl (C=O) groups is 1. The molecule has 2 atom stereocenters. The van der Waals surface area contributed by atoms with Gasteiger partial charge >= 0.3 is 0 Å². The number of piperidine rings is 1. The molecular formula is C20H24N4O2. The number of aromatic nitrogens is 2. The van der Waals surface area contributed by atoms with Crippen LogP contribution in [0, 0.1) is 6.92 Å². The molecule has 6 nitrogen and oxygen atoms in total. The second-order valence-corrected chi connectivity index (χ2v) is 7.37. The van der Waals surface area contributed by atoms with E-state index in [0.717, 1.165) is 42.3 Å². The van der Waals surface area contributed by atoms with Gasteiger partial charge in [-0.1, -0.05) is 0 Å². The number of hydrogen-bond acceptors (Lipinski definition) is 5. The van der Waals surface area contributed by atoms with E-state index in [1.165, 1.54) is 0 Å². The van der Waals surface area contributed by atoms with E-state index in [1.54, 1.807) is 6.33 Å². The predicted octanol–water partition coefficient (Wildman–Crippen LogP) is 2.68. The number of amides is 1. The second-order valence-electron chi connectivity index (χ2n) is 7.37. The zero-order valence-corrected chi connectivity index (χ0v) is 15.4. The monoisotopic (exact) mass is 352 g/mol. The third kappa shape index (κ3) is 3.11. The first-order valence-corrected chi connectivity index (χ1v) is 9.14. The number of hydrogen-bond donors (Lipinski definition) is 0. The van der Waals surface area contributed by atoms with Crippen LogP contribution in [0.4, 0.5) is 5.82 Å². The summed E-state index contributed by atoms with van der Waals surface area (Å²) in [5.74, 6) is 1.86. The van der Waals surface area contributed by atoms with E-state index in [9.17, 15) is 4.79 Å². The summed E-state index contributed by atoms with van der Waals surface area (Å²) in [6.45, 7) is 7.61.